The molecular weight excluding hydrogens is 859 g/mol. The molecule has 0 spiro atoms. The molecule has 6 N–H and O–H groups in total. The highest BCUT2D eigenvalue weighted by Gasteiger charge is 2.33. The molecule has 18 heteroatoms. The number of halogens is 2. The molecule has 0 saturated carbocycles. The molecule has 16 nitrogen and oxygen atoms in total. The molecule has 6 heterocycles. The van der Waals surface area contributed by atoms with Crippen molar-refractivity contribution < 1.29 is 23.2 Å². The number of alkyl halides is 2. The highest BCUT2D eigenvalue weighted by atomic mass is 19.3. The van der Waals surface area contributed by atoms with Gasteiger partial charge in [0.1, 0.15) is 11.9 Å². The Morgan fingerprint density at radius 3 is 2.54 bits per heavy atom. The first kappa shape index (κ1) is 46.8. The monoisotopic (exact) mass is 918 g/mol. The predicted octanol–water partition coefficient (Wildman–Crippen LogP) is 5.19. The number of aliphatic imine (C=N–C) groups is 1. The average Bonchev–Trinajstić information content (AvgIpc) is 3.57. The summed E-state index contributed by atoms with van der Waals surface area (Å²) in [5.41, 5.74) is 13.4. The van der Waals surface area contributed by atoms with E-state index in [1.807, 2.05) is 35.4 Å². The molecule has 8 rings (SSSR count). The van der Waals surface area contributed by atoms with Crippen molar-refractivity contribution in [3.63, 3.8) is 0 Å². The number of piperidine rings is 2. The summed E-state index contributed by atoms with van der Waals surface area (Å²) < 4.78 is 32.1. The van der Waals surface area contributed by atoms with E-state index in [4.69, 9.17) is 10.7 Å². The minimum Gasteiger partial charge on any atom is -0.404 e. The number of carbonyl (C=O) groups is 3. The summed E-state index contributed by atoms with van der Waals surface area (Å²) in [6, 6.07) is 12.5. The Bertz CT molecular complexity index is 2700. The number of allylic oxidation sites excluding steroid dienone is 1. The van der Waals surface area contributed by atoms with Crippen LogP contribution in [-0.4, -0.2) is 106 Å². The number of imide groups is 1. The molecule has 0 aliphatic carbocycles. The number of hydrogen-bond donors (Lipinski definition) is 5. The maximum atomic E-state index is 14.6. The van der Waals surface area contributed by atoms with Crippen molar-refractivity contribution in [2.75, 3.05) is 56.5 Å². The summed E-state index contributed by atoms with van der Waals surface area (Å²) >= 11 is 0. The van der Waals surface area contributed by atoms with Crippen molar-refractivity contribution >= 4 is 57.8 Å². The number of fused-ring (bicyclic) bond motifs is 2. The molecule has 1 atom stereocenters. The molecule has 2 fully saturated rings. The number of anilines is 2. The van der Waals surface area contributed by atoms with E-state index in [9.17, 15) is 33.4 Å². The maximum absolute atomic E-state index is 14.6. The second-order valence-electron chi connectivity index (χ2n) is 17.9. The number of benzene rings is 2. The van der Waals surface area contributed by atoms with Crippen LogP contribution < -0.4 is 32.3 Å². The van der Waals surface area contributed by atoms with Gasteiger partial charge in [-0.1, -0.05) is 6.07 Å². The number of carbonyl (C=O) groups excluding carboxylic acids is 3. The van der Waals surface area contributed by atoms with Gasteiger partial charge in [-0.25, -0.2) is 13.6 Å². The van der Waals surface area contributed by atoms with Crippen LogP contribution in [0.2, 0.25) is 0 Å². The largest absolute Gasteiger partial charge is 0.404 e. The maximum Gasteiger partial charge on any atom is 0.329 e. The van der Waals surface area contributed by atoms with Crippen molar-refractivity contribution in [3.05, 3.63) is 105 Å². The third-order valence-corrected chi connectivity index (χ3v) is 13.6. The van der Waals surface area contributed by atoms with Crippen molar-refractivity contribution in [1.29, 1.82) is 5.41 Å². The number of hydrogen-bond acceptors (Lipinski definition) is 11. The predicted molar refractivity (Wildman–Crippen MR) is 256 cm³/mol. The second kappa shape index (κ2) is 20.4. The minimum atomic E-state index is -2.75. The van der Waals surface area contributed by atoms with Gasteiger partial charge in [0.2, 0.25) is 17.7 Å². The Balaban J connectivity index is 0.841. The van der Waals surface area contributed by atoms with Gasteiger partial charge in [-0.3, -0.25) is 44.2 Å². The first-order valence-electron chi connectivity index (χ1n) is 23.2. The summed E-state index contributed by atoms with van der Waals surface area (Å²) in [7, 11) is 3.25. The molecule has 2 saturated heterocycles. The second-order valence-corrected chi connectivity index (χ2v) is 17.9. The van der Waals surface area contributed by atoms with Crippen LogP contribution in [0.25, 0.3) is 16.6 Å². The number of aromatic nitrogens is 3. The first-order valence-corrected chi connectivity index (χ1v) is 23.2. The van der Waals surface area contributed by atoms with E-state index in [0.717, 1.165) is 85.5 Å². The first-order chi connectivity index (χ1) is 32.3. The van der Waals surface area contributed by atoms with Gasteiger partial charge in [0.05, 0.1) is 29.8 Å². The number of rotatable bonds is 14. The number of nitrogens with one attached hydrogen (secondary N) is 4. The molecule has 4 aliphatic rings. The van der Waals surface area contributed by atoms with Crippen LogP contribution in [0.5, 0.6) is 0 Å². The number of likely N-dealkylation sites (tertiary alicyclic amines) is 1. The van der Waals surface area contributed by atoms with Gasteiger partial charge in [-0.2, -0.15) is 0 Å². The van der Waals surface area contributed by atoms with Gasteiger partial charge in [0.15, 0.2) is 0 Å². The van der Waals surface area contributed by atoms with Crippen LogP contribution in [0.1, 0.15) is 92.3 Å². The number of amidine groups is 1. The van der Waals surface area contributed by atoms with Crippen LogP contribution in [0.4, 0.5) is 20.2 Å². The Morgan fingerprint density at radius 1 is 1.03 bits per heavy atom. The van der Waals surface area contributed by atoms with Crippen molar-refractivity contribution in [1.82, 2.24) is 34.6 Å². The summed E-state index contributed by atoms with van der Waals surface area (Å²) in [4.78, 5) is 64.8. The SMILES string of the molecule is CN=CC(=CN)c1cc2c(cc1C(F)F)N(C(=N)C1=C(NC3CCN(CCCc4ccc(CNc5ccc6c(c5)n(C)c(=O)n6C5CCC(=O)NC5=O)nc4)CC3)CCN(C(C)=O)C1)CCC2. The van der Waals surface area contributed by atoms with E-state index in [2.05, 4.69) is 31.9 Å². The lowest BCUT2D eigenvalue weighted by atomic mass is 9.91. The van der Waals surface area contributed by atoms with E-state index in [-0.39, 0.29) is 54.3 Å². The number of pyridine rings is 1. The molecule has 0 bridgehead atoms. The lowest BCUT2D eigenvalue weighted by Crippen LogP contribution is -2.48. The summed E-state index contributed by atoms with van der Waals surface area (Å²) in [6.45, 7) is 6.19. The van der Waals surface area contributed by atoms with Gasteiger partial charge in [0, 0.05) is 118 Å². The van der Waals surface area contributed by atoms with Gasteiger partial charge in [0.25, 0.3) is 6.43 Å². The lowest BCUT2D eigenvalue weighted by Gasteiger charge is -2.39. The highest BCUT2D eigenvalue weighted by molar-refractivity contribution is 6.12. The normalized spacial score (nSPS) is 18.8. The molecule has 3 amide bonds. The quantitative estimate of drug-likeness (QED) is 0.0638. The third-order valence-electron chi connectivity index (χ3n) is 13.6. The van der Waals surface area contributed by atoms with Gasteiger partial charge in [-0.15, -0.1) is 0 Å². The topological polar surface area (TPSA) is 199 Å². The molecule has 2 aromatic carbocycles. The number of nitrogens with zero attached hydrogens (tertiary/aromatic N) is 7. The number of aryl methyl sites for hydroxylation is 3. The zero-order chi connectivity index (χ0) is 47.4. The van der Waals surface area contributed by atoms with E-state index in [1.165, 1.54) is 27.6 Å². The fourth-order valence-electron chi connectivity index (χ4n) is 9.88. The standard InChI is InChI=1S/C49H60F2N12O4/c1-30(64)61-21-16-40(39(29-61)47(53)62-18-5-7-32-22-37(33(25-52)27-54-2)38(46(50)51)24-43(32)62)57-34-14-19-60(20-15-34)17-4-6-31-8-9-36(55-26-31)28-56-35-10-11-41-44(23-35)59(3)49(67)63(41)42-12-13-45(65)58-48(42)66/h8-11,22-27,34,42,46,53,56-57H,4-7,12-21,28-29,52H2,1-3H3,(H,58,65,66). The van der Waals surface area contributed by atoms with Gasteiger partial charge >= 0.3 is 5.69 Å². The van der Waals surface area contributed by atoms with Gasteiger partial charge < -0.3 is 31.1 Å². The number of amides is 3. The van der Waals surface area contributed by atoms with Crippen LogP contribution in [0, 0.1) is 5.41 Å². The fourth-order valence-corrected chi connectivity index (χ4v) is 9.88. The molecule has 4 aliphatic heterocycles. The van der Waals surface area contributed by atoms with Gasteiger partial charge in [-0.05, 0) is 105 Å². The van der Waals surface area contributed by atoms with Crippen molar-refractivity contribution in [3.8, 4) is 0 Å². The highest BCUT2D eigenvalue weighted by Crippen LogP contribution is 2.38. The molecule has 2 aromatic heterocycles. The van der Waals surface area contributed by atoms with Crippen LogP contribution in [0.15, 0.2) is 75.9 Å². The van der Waals surface area contributed by atoms with Crippen LogP contribution >= 0.6 is 0 Å². The summed E-state index contributed by atoms with van der Waals surface area (Å²) in [5, 5.41) is 19.1. The number of nitrogens with two attached hydrogens (primary N) is 1. The van der Waals surface area contributed by atoms with Crippen LogP contribution in [-0.2, 0) is 40.8 Å². The minimum absolute atomic E-state index is 0.0628. The van der Waals surface area contributed by atoms with Crippen molar-refractivity contribution in [2.45, 2.75) is 89.8 Å². The fraction of sp³-hybridized carbons (Fsp3) is 0.449. The van der Waals surface area contributed by atoms with Crippen LogP contribution in [0.3, 0.4) is 0 Å². The Morgan fingerprint density at radius 2 is 1.84 bits per heavy atom. The molecule has 1 unspecified atom stereocenters. The van der Waals surface area contributed by atoms with E-state index in [1.54, 1.807) is 32.0 Å². The van der Waals surface area contributed by atoms with E-state index < -0.39 is 18.4 Å². The Labute approximate surface area is 388 Å². The average molecular weight is 919 g/mol. The molecule has 4 aromatic rings. The summed E-state index contributed by atoms with van der Waals surface area (Å²) in [5.74, 6) is -0.616. The lowest BCUT2D eigenvalue weighted by molar-refractivity contribution is -0.135. The third kappa shape index (κ3) is 10.2. The zero-order valence-electron chi connectivity index (χ0n) is 38.4. The van der Waals surface area contributed by atoms with E-state index in [0.29, 0.717) is 60.3 Å². The van der Waals surface area contributed by atoms with Crippen molar-refractivity contribution in [2.24, 2.45) is 17.8 Å². The zero-order valence-corrected chi connectivity index (χ0v) is 38.4. The molecule has 67 heavy (non-hydrogen) atoms. The molecular formula is C49H60F2N12O4. The van der Waals surface area contributed by atoms with E-state index >= 15 is 0 Å². The Kier molecular flexibility index (Phi) is 14.3. The number of imidazole rings is 1. The Hall–Kier alpha value is -6.69. The summed E-state index contributed by atoms with van der Waals surface area (Å²) in [6.07, 6.45) is 8.19. The smallest absolute Gasteiger partial charge is 0.329 e. The molecule has 0 radical (unpaired) electrons. The molecule has 354 valence electrons.